The maximum atomic E-state index is 13.4. The van der Waals surface area contributed by atoms with Crippen molar-refractivity contribution < 1.29 is 17.7 Å². The van der Waals surface area contributed by atoms with Crippen LogP contribution in [0.25, 0.3) is 12.2 Å². The second kappa shape index (κ2) is 10.4. The Morgan fingerprint density at radius 2 is 1.84 bits per heavy atom. The number of hydrogen-bond acceptors (Lipinski definition) is 5. The van der Waals surface area contributed by atoms with Crippen molar-refractivity contribution in [3.05, 3.63) is 46.8 Å². The van der Waals surface area contributed by atoms with E-state index in [1.54, 1.807) is 17.9 Å². The molecule has 0 radical (unpaired) electrons. The Morgan fingerprint density at radius 1 is 1.19 bits per heavy atom. The minimum atomic E-state index is -3.77. The number of unbranched alkanes of at least 4 members (excludes halogenated alkanes) is 1. The predicted octanol–water partition coefficient (Wildman–Crippen LogP) is 4.12. The molecule has 0 unspecified atom stereocenters. The first-order valence-corrected chi connectivity index (χ1v) is 12.6. The van der Waals surface area contributed by atoms with E-state index in [4.69, 9.17) is 4.52 Å². The molecule has 0 N–H and O–H groups in total. The fourth-order valence-electron chi connectivity index (χ4n) is 3.94. The Hall–Kier alpha value is -2.45. The molecule has 2 heterocycles. The van der Waals surface area contributed by atoms with E-state index in [-0.39, 0.29) is 22.5 Å². The van der Waals surface area contributed by atoms with Crippen LogP contribution < -0.4 is 0 Å². The van der Waals surface area contributed by atoms with Gasteiger partial charge in [0.25, 0.3) is 0 Å². The van der Waals surface area contributed by atoms with Gasteiger partial charge >= 0.3 is 0 Å². The minimum Gasteiger partial charge on any atom is -0.355 e. The number of nitrogens with zero attached hydrogens (tertiary/aromatic N) is 3. The summed E-state index contributed by atoms with van der Waals surface area (Å²) in [7, 11) is -1.95. The van der Waals surface area contributed by atoms with Crippen LogP contribution in [0.15, 0.2) is 33.7 Å². The summed E-state index contributed by atoms with van der Waals surface area (Å²) in [6, 6.07) is 7.91. The van der Waals surface area contributed by atoms with Crippen molar-refractivity contribution in [1.82, 2.24) is 14.4 Å². The minimum absolute atomic E-state index is 0.103. The summed E-state index contributed by atoms with van der Waals surface area (Å²) in [5.41, 5.74) is 2.44. The molecule has 0 bridgehead atoms. The summed E-state index contributed by atoms with van der Waals surface area (Å²) < 4.78 is 33.6. The average molecular weight is 460 g/mol. The number of hydrogen-bond donors (Lipinski definition) is 0. The van der Waals surface area contributed by atoms with E-state index >= 15 is 0 Å². The van der Waals surface area contributed by atoms with Crippen molar-refractivity contribution in [1.29, 1.82) is 0 Å². The SMILES string of the molecule is CCCCN(C)C(=O)C1CCN(S(=O)(=O)c2c(C)noc2/C=C/c2ccc(C)cc2)CC1. The van der Waals surface area contributed by atoms with Crippen LogP contribution in [0.2, 0.25) is 0 Å². The molecule has 1 aliphatic rings. The lowest BCUT2D eigenvalue weighted by Crippen LogP contribution is -2.43. The number of rotatable bonds is 8. The molecular weight excluding hydrogens is 426 g/mol. The molecule has 0 spiro atoms. The summed E-state index contributed by atoms with van der Waals surface area (Å²) in [4.78, 5) is 14.5. The van der Waals surface area contributed by atoms with E-state index in [9.17, 15) is 13.2 Å². The van der Waals surface area contributed by atoms with Crippen LogP contribution in [0.1, 0.15) is 55.2 Å². The standard InChI is InChI=1S/C24H33N3O4S/c1-5-6-15-26(4)24(28)21-13-16-27(17-14-21)32(29,30)23-19(3)25-31-22(23)12-11-20-9-7-18(2)8-10-20/h7-12,21H,5-6,13-17H2,1-4H3/b12-11+. The molecule has 1 aromatic carbocycles. The highest BCUT2D eigenvalue weighted by molar-refractivity contribution is 7.89. The number of aryl methyl sites for hydroxylation is 2. The highest BCUT2D eigenvalue weighted by Crippen LogP contribution is 2.29. The Kier molecular flexibility index (Phi) is 7.90. The molecule has 1 aromatic heterocycles. The van der Waals surface area contributed by atoms with Crippen LogP contribution in [-0.4, -0.2) is 55.4 Å². The van der Waals surface area contributed by atoms with E-state index in [1.165, 1.54) is 4.31 Å². The topological polar surface area (TPSA) is 83.7 Å². The van der Waals surface area contributed by atoms with Crippen LogP contribution in [0, 0.1) is 19.8 Å². The zero-order valence-electron chi connectivity index (χ0n) is 19.4. The van der Waals surface area contributed by atoms with Crippen molar-refractivity contribution in [3.8, 4) is 0 Å². The largest absolute Gasteiger partial charge is 0.355 e. The van der Waals surface area contributed by atoms with Gasteiger partial charge in [-0.3, -0.25) is 4.79 Å². The van der Waals surface area contributed by atoms with Gasteiger partial charge in [0.1, 0.15) is 5.69 Å². The number of aromatic nitrogens is 1. The van der Waals surface area contributed by atoms with Crippen molar-refractivity contribution in [2.45, 2.75) is 51.3 Å². The van der Waals surface area contributed by atoms with Crippen molar-refractivity contribution in [3.63, 3.8) is 0 Å². The van der Waals surface area contributed by atoms with Crippen LogP contribution >= 0.6 is 0 Å². The molecule has 1 saturated heterocycles. The monoisotopic (exact) mass is 459 g/mol. The average Bonchev–Trinajstić information content (AvgIpc) is 3.17. The van der Waals surface area contributed by atoms with Gasteiger partial charge in [-0.05, 0) is 44.7 Å². The maximum Gasteiger partial charge on any atom is 0.248 e. The van der Waals surface area contributed by atoms with Gasteiger partial charge in [0, 0.05) is 32.6 Å². The molecule has 1 amide bonds. The van der Waals surface area contributed by atoms with Crippen LogP contribution in [0.3, 0.4) is 0 Å². The van der Waals surface area contributed by atoms with Crippen LogP contribution in [0.5, 0.6) is 0 Å². The molecule has 1 fully saturated rings. The number of sulfonamides is 1. The smallest absolute Gasteiger partial charge is 0.248 e. The third-order valence-corrected chi connectivity index (χ3v) is 8.02. The molecule has 32 heavy (non-hydrogen) atoms. The molecule has 3 rings (SSSR count). The summed E-state index contributed by atoms with van der Waals surface area (Å²) in [5.74, 6) is 0.201. The van der Waals surface area contributed by atoms with E-state index in [0.29, 0.717) is 31.6 Å². The Balaban J connectivity index is 1.72. The van der Waals surface area contributed by atoms with Crippen molar-refractivity contribution >= 4 is 28.1 Å². The molecule has 0 atom stereocenters. The summed E-state index contributed by atoms with van der Waals surface area (Å²) in [6.07, 6.45) is 6.51. The van der Waals surface area contributed by atoms with E-state index < -0.39 is 10.0 Å². The molecule has 2 aromatic rings. The van der Waals surface area contributed by atoms with Crippen LogP contribution in [-0.2, 0) is 14.8 Å². The van der Waals surface area contributed by atoms with E-state index in [0.717, 1.165) is 30.5 Å². The van der Waals surface area contributed by atoms with E-state index in [2.05, 4.69) is 12.1 Å². The van der Waals surface area contributed by atoms with Gasteiger partial charge in [0.05, 0.1) is 0 Å². The quantitative estimate of drug-likeness (QED) is 0.593. The normalized spacial score (nSPS) is 16.0. The van der Waals surface area contributed by atoms with Gasteiger partial charge in [-0.1, -0.05) is 54.4 Å². The third-order valence-electron chi connectivity index (χ3n) is 5.96. The maximum absolute atomic E-state index is 13.4. The van der Waals surface area contributed by atoms with Crippen molar-refractivity contribution in [2.24, 2.45) is 5.92 Å². The first-order valence-electron chi connectivity index (χ1n) is 11.2. The number of benzene rings is 1. The molecule has 0 aliphatic carbocycles. The Morgan fingerprint density at radius 3 is 2.47 bits per heavy atom. The second-order valence-corrected chi connectivity index (χ2v) is 10.4. The van der Waals surface area contributed by atoms with Gasteiger partial charge in [0.15, 0.2) is 10.7 Å². The Bertz CT molecular complexity index is 1050. The fraction of sp³-hybridized carbons (Fsp3) is 0.500. The zero-order valence-corrected chi connectivity index (χ0v) is 20.2. The highest BCUT2D eigenvalue weighted by atomic mass is 32.2. The predicted molar refractivity (Wildman–Crippen MR) is 125 cm³/mol. The summed E-state index contributed by atoms with van der Waals surface area (Å²) in [6.45, 7) is 7.11. The van der Waals surface area contributed by atoms with Gasteiger partial charge < -0.3 is 9.42 Å². The number of amides is 1. The fourth-order valence-corrected chi connectivity index (χ4v) is 5.66. The van der Waals surface area contributed by atoms with Crippen LogP contribution in [0.4, 0.5) is 0 Å². The molecule has 1 aliphatic heterocycles. The number of piperidine rings is 1. The molecule has 7 nitrogen and oxygen atoms in total. The third kappa shape index (κ3) is 5.48. The zero-order chi connectivity index (χ0) is 23.3. The lowest BCUT2D eigenvalue weighted by molar-refractivity contribution is -0.135. The number of carbonyl (C=O) groups excluding carboxylic acids is 1. The van der Waals surface area contributed by atoms with Gasteiger partial charge in [-0.2, -0.15) is 4.31 Å². The molecule has 0 saturated carbocycles. The van der Waals surface area contributed by atoms with Gasteiger partial charge in [0.2, 0.25) is 15.9 Å². The Labute approximate surface area is 191 Å². The van der Waals surface area contributed by atoms with Gasteiger partial charge in [-0.25, -0.2) is 8.42 Å². The van der Waals surface area contributed by atoms with Gasteiger partial charge in [-0.15, -0.1) is 0 Å². The first kappa shape index (κ1) is 24.2. The highest BCUT2D eigenvalue weighted by Gasteiger charge is 2.36. The summed E-state index contributed by atoms with van der Waals surface area (Å²) >= 11 is 0. The van der Waals surface area contributed by atoms with E-state index in [1.807, 2.05) is 44.3 Å². The lowest BCUT2D eigenvalue weighted by Gasteiger charge is -2.32. The second-order valence-electron chi connectivity index (χ2n) is 8.50. The number of carbonyl (C=O) groups is 1. The van der Waals surface area contributed by atoms with Crippen molar-refractivity contribution in [2.75, 3.05) is 26.7 Å². The lowest BCUT2D eigenvalue weighted by atomic mass is 9.96. The molecular formula is C24H33N3O4S. The summed E-state index contributed by atoms with van der Waals surface area (Å²) in [5, 5.41) is 3.91. The molecule has 174 valence electrons. The first-order chi connectivity index (χ1) is 15.2. The molecule has 8 heteroatoms.